The minimum Gasteiger partial charge on any atom is -0.481 e. The molecule has 172 valence electrons. The van der Waals surface area contributed by atoms with Gasteiger partial charge in [-0.2, -0.15) is 0 Å². The van der Waals surface area contributed by atoms with E-state index >= 15 is 0 Å². The molecule has 0 aliphatic carbocycles. The maximum absolute atomic E-state index is 12.9. The number of urea groups is 1. The second-order valence-corrected chi connectivity index (χ2v) is 8.70. The third-order valence-electron chi connectivity index (χ3n) is 5.03. The number of carbonyl (C=O) groups is 2. The van der Waals surface area contributed by atoms with Gasteiger partial charge in [0.25, 0.3) is 0 Å². The highest BCUT2D eigenvalue weighted by molar-refractivity contribution is 5.96. The number of carboxylic acid groups (broad SMARTS) is 1. The molecule has 1 atom stereocenters. The van der Waals surface area contributed by atoms with Gasteiger partial charge in [-0.3, -0.25) is 9.69 Å². The number of aryl methyl sites for hydroxylation is 2. The predicted molar refractivity (Wildman–Crippen MR) is 128 cm³/mol. The van der Waals surface area contributed by atoms with Crippen LogP contribution in [0, 0.1) is 19.8 Å². The lowest BCUT2D eigenvalue weighted by Crippen LogP contribution is -2.49. The number of hydrogen-bond acceptors (Lipinski definition) is 3. The summed E-state index contributed by atoms with van der Waals surface area (Å²) in [6.45, 7) is 10.2. The molecule has 2 rings (SSSR count). The maximum Gasteiger partial charge on any atom is 0.324 e. The zero-order valence-corrected chi connectivity index (χ0v) is 19.6. The Morgan fingerprint density at radius 3 is 2.31 bits per heavy atom. The number of carbonyl (C=O) groups excluding carboxylic acids is 1. The standard InChI is InChI=1S/C25H34N4O3/c1-16(2)12-21-10-11-22(13-18(21)4)28-24(26)29(15-20-8-6-17(3)7-9-20)25(32)27-19(5)14-23(30)31/h6-11,13,16,19H,12,14-15H2,1-5H3,(H2,26,28)(H,27,32)(H,30,31)/t19-/m0/s1. The Labute approximate surface area is 190 Å². The Kier molecular flexibility index (Phi) is 8.81. The summed E-state index contributed by atoms with van der Waals surface area (Å²) in [5.74, 6) is -0.391. The van der Waals surface area contributed by atoms with E-state index in [0.717, 1.165) is 23.1 Å². The van der Waals surface area contributed by atoms with E-state index in [1.165, 1.54) is 10.5 Å². The number of aliphatic carboxylic acids is 1. The number of hydrogen-bond donors (Lipinski definition) is 3. The summed E-state index contributed by atoms with van der Waals surface area (Å²) in [7, 11) is 0. The highest BCUT2D eigenvalue weighted by atomic mass is 16.4. The van der Waals surface area contributed by atoms with Gasteiger partial charge in [-0.15, -0.1) is 0 Å². The molecule has 0 saturated carbocycles. The van der Waals surface area contributed by atoms with Crippen LogP contribution in [0.1, 0.15) is 49.4 Å². The first-order chi connectivity index (χ1) is 15.0. The number of nitrogens with zero attached hydrogens (tertiary/aromatic N) is 2. The van der Waals surface area contributed by atoms with Crippen molar-refractivity contribution >= 4 is 23.6 Å². The summed E-state index contributed by atoms with van der Waals surface area (Å²) in [6.07, 6.45) is 0.798. The third-order valence-corrected chi connectivity index (χ3v) is 5.03. The number of amides is 2. The smallest absolute Gasteiger partial charge is 0.324 e. The normalized spacial score (nSPS) is 12.5. The van der Waals surface area contributed by atoms with Crippen LogP contribution in [0.4, 0.5) is 10.5 Å². The summed E-state index contributed by atoms with van der Waals surface area (Å²) in [6, 6.07) is 12.6. The van der Waals surface area contributed by atoms with Crippen molar-refractivity contribution in [3.63, 3.8) is 0 Å². The molecule has 4 N–H and O–H groups in total. The van der Waals surface area contributed by atoms with Gasteiger partial charge in [0.1, 0.15) is 0 Å². The van der Waals surface area contributed by atoms with Crippen molar-refractivity contribution in [1.29, 1.82) is 0 Å². The SMILES string of the molecule is Cc1ccc(CN(C(=O)N[C@@H](C)CC(=O)O)/C(N)=N/c2ccc(CC(C)C)c(C)c2)cc1. The van der Waals surface area contributed by atoms with E-state index < -0.39 is 18.0 Å². The van der Waals surface area contributed by atoms with Crippen LogP contribution in [0.25, 0.3) is 0 Å². The van der Waals surface area contributed by atoms with E-state index in [4.69, 9.17) is 10.8 Å². The highest BCUT2D eigenvalue weighted by Gasteiger charge is 2.21. The number of nitrogens with two attached hydrogens (primary N) is 1. The monoisotopic (exact) mass is 438 g/mol. The Morgan fingerprint density at radius 2 is 1.75 bits per heavy atom. The van der Waals surface area contributed by atoms with E-state index in [9.17, 15) is 9.59 Å². The quantitative estimate of drug-likeness (QED) is 0.416. The Morgan fingerprint density at radius 1 is 1.09 bits per heavy atom. The second-order valence-electron chi connectivity index (χ2n) is 8.70. The fourth-order valence-corrected chi connectivity index (χ4v) is 3.35. The van der Waals surface area contributed by atoms with Gasteiger partial charge in [-0.25, -0.2) is 9.79 Å². The molecule has 0 fully saturated rings. The van der Waals surface area contributed by atoms with Crippen LogP contribution >= 0.6 is 0 Å². The molecule has 7 heteroatoms. The van der Waals surface area contributed by atoms with Gasteiger partial charge in [0.15, 0.2) is 0 Å². The molecular weight excluding hydrogens is 404 g/mol. The molecule has 0 heterocycles. The molecule has 0 aliphatic rings. The molecule has 0 unspecified atom stereocenters. The second kappa shape index (κ2) is 11.3. The van der Waals surface area contributed by atoms with Crippen LogP contribution in [-0.4, -0.2) is 34.0 Å². The zero-order valence-electron chi connectivity index (χ0n) is 19.6. The van der Waals surface area contributed by atoms with Crippen molar-refractivity contribution in [3.05, 3.63) is 64.7 Å². The van der Waals surface area contributed by atoms with Gasteiger partial charge in [0, 0.05) is 6.04 Å². The summed E-state index contributed by atoms with van der Waals surface area (Å²) < 4.78 is 0. The molecule has 0 radical (unpaired) electrons. The lowest BCUT2D eigenvalue weighted by molar-refractivity contribution is -0.137. The Hall–Kier alpha value is -3.35. The molecule has 0 aromatic heterocycles. The fourth-order valence-electron chi connectivity index (χ4n) is 3.35. The van der Waals surface area contributed by atoms with Crippen molar-refractivity contribution in [2.45, 2.75) is 60.0 Å². The number of rotatable bonds is 8. The van der Waals surface area contributed by atoms with Crippen molar-refractivity contribution in [3.8, 4) is 0 Å². The molecule has 2 amide bonds. The number of aliphatic imine (C=N–C) groups is 1. The predicted octanol–water partition coefficient (Wildman–Crippen LogP) is 4.52. The van der Waals surface area contributed by atoms with E-state index in [-0.39, 0.29) is 18.9 Å². The third kappa shape index (κ3) is 7.72. The molecule has 2 aromatic rings. The number of benzene rings is 2. The van der Waals surface area contributed by atoms with Gasteiger partial charge in [0.05, 0.1) is 18.7 Å². The topological polar surface area (TPSA) is 108 Å². The lowest BCUT2D eigenvalue weighted by atomic mass is 9.98. The average molecular weight is 439 g/mol. The van der Waals surface area contributed by atoms with Crippen molar-refractivity contribution in [2.75, 3.05) is 0 Å². The molecule has 2 aromatic carbocycles. The highest BCUT2D eigenvalue weighted by Crippen LogP contribution is 2.21. The van der Waals surface area contributed by atoms with Crippen molar-refractivity contribution in [2.24, 2.45) is 16.6 Å². The number of carboxylic acids is 1. The van der Waals surface area contributed by atoms with Gasteiger partial charge >= 0.3 is 12.0 Å². The van der Waals surface area contributed by atoms with Gasteiger partial charge in [-0.1, -0.05) is 49.7 Å². The Bertz CT molecular complexity index is 968. The molecule has 32 heavy (non-hydrogen) atoms. The van der Waals surface area contributed by atoms with Crippen LogP contribution in [0.2, 0.25) is 0 Å². The van der Waals surface area contributed by atoms with Crippen molar-refractivity contribution in [1.82, 2.24) is 10.2 Å². The van der Waals surface area contributed by atoms with Crippen LogP contribution < -0.4 is 11.1 Å². The molecule has 0 bridgehead atoms. The maximum atomic E-state index is 12.9. The van der Waals surface area contributed by atoms with Crippen LogP contribution in [0.5, 0.6) is 0 Å². The van der Waals surface area contributed by atoms with E-state index in [0.29, 0.717) is 11.6 Å². The first kappa shape index (κ1) is 24.9. The van der Waals surface area contributed by atoms with E-state index in [2.05, 4.69) is 24.2 Å². The molecule has 0 aliphatic heterocycles. The van der Waals surface area contributed by atoms with Crippen LogP contribution in [0.3, 0.4) is 0 Å². The van der Waals surface area contributed by atoms with Crippen LogP contribution in [0.15, 0.2) is 47.5 Å². The summed E-state index contributed by atoms with van der Waals surface area (Å²) in [5.41, 5.74) is 11.3. The minimum atomic E-state index is -0.985. The minimum absolute atomic E-state index is 0.0432. The number of guanidine groups is 1. The molecule has 7 nitrogen and oxygen atoms in total. The average Bonchev–Trinajstić information content (AvgIpc) is 2.68. The van der Waals surface area contributed by atoms with E-state index in [1.54, 1.807) is 6.92 Å². The van der Waals surface area contributed by atoms with Gasteiger partial charge < -0.3 is 16.2 Å². The molecule has 0 spiro atoms. The zero-order chi connectivity index (χ0) is 23.8. The van der Waals surface area contributed by atoms with Crippen LogP contribution in [-0.2, 0) is 17.8 Å². The first-order valence-corrected chi connectivity index (χ1v) is 10.8. The molecular formula is C25H34N4O3. The molecule has 0 saturated heterocycles. The Balaban J connectivity index is 2.30. The lowest BCUT2D eigenvalue weighted by Gasteiger charge is -2.24. The van der Waals surface area contributed by atoms with Gasteiger partial charge in [-0.05, 0) is 61.9 Å². The fraction of sp³-hybridized carbons (Fsp3) is 0.400. The largest absolute Gasteiger partial charge is 0.481 e. The summed E-state index contributed by atoms with van der Waals surface area (Å²) in [5, 5.41) is 11.7. The summed E-state index contributed by atoms with van der Waals surface area (Å²) >= 11 is 0. The van der Waals surface area contributed by atoms with Crippen molar-refractivity contribution < 1.29 is 14.7 Å². The number of nitrogens with one attached hydrogen (secondary N) is 1. The van der Waals surface area contributed by atoms with Gasteiger partial charge in [0.2, 0.25) is 5.96 Å². The first-order valence-electron chi connectivity index (χ1n) is 10.8. The van der Waals surface area contributed by atoms with E-state index in [1.807, 2.05) is 56.3 Å². The summed E-state index contributed by atoms with van der Waals surface area (Å²) in [4.78, 5) is 29.7.